The summed E-state index contributed by atoms with van der Waals surface area (Å²) in [5.74, 6) is 1.25. The third-order valence-corrected chi connectivity index (χ3v) is 6.61. The number of hydrogen-bond acceptors (Lipinski definition) is 7. The first-order chi connectivity index (χ1) is 18.4. The molecule has 1 atom stereocenters. The van der Waals surface area contributed by atoms with Gasteiger partial charge in [0, 0.05) is 24.2 Å². The average Bonchev–Trinajstić information content (AvgIpc) is 3.38. The second-order valence-electron chi connectivity index (χ2n) is 9.24. The molecule has 10 heteroatoms. The van der Waals surface area contributed by atoms with E-state index in [1.165, 1.54) is 19.2 Å². The third-order valence-electron chi connectivity index (χ3n) is 6.61. The Morgan fingerprint density at radius 3 is 2.55 bits per heavy atom. The molecular formula is C28H29FN4O5. The zero-order chi connectivity index (χ0) is 26.6. The van der Waals surface area contributed by atoms with Gasteiger partial charge in [-0.25, -0.2) is 9.37 Å². The molecule has 38 heavy (non-hydrogen) atoms. The number of amides is 2. The highest BCUT2D eigenvalue weighted by molar-refractivity contribution is 6.10. The highest BCUT2D eigenvalue weighted by atomic mass is 19.1. The van der Waals surface area contributed by atoms with Gasteiger partial charge in [-0.2, -0.15) is 4.98 Å². The summed E-state index contributed by atoms with van der Waals surface area (Å²) in [5, 5.41) is 2.88. The fourth-order valence-electron chi connectivity index (χ4n) is 4.71. The first-order valence-corrected chi connectivity index (χ1v) is 12.6. The molecule has 2 aromatic carbocycles. The van der Waals surface area contributed by atoms with Crippen LogP contribution < -0.4 is 19.5 Å². The molecular weight excluding hydrogens is 491 g/mol. The van der Waals surface area contributed by atoms with E-state index in [0.29, 0.717) is 79.2 Å². The minimum atomic E-state index is -0.435. The van der Waals surface area contributed by atoms with Crippen molar-refractivity contribution >= 4 is 17.5 Å². The van der Waals surface area contributed by atoms with Gasteiger partial charge in [0.2, 0.25) is 11.8 Å². The lowest BCUT2D eigenvalue weighted by Crippen LogP contribution is -2.40. The van der Waals surface area contributed by atoms with E-state index in [1.807, 2.05) is 0 Å². The maximum absolute atomic E-state index is 13.2. The summed E-state index contributed by atoms with van der Waals surface area (Å²) in [7, 11) is 1.52. The molecule has 5 rings (SSSR count). The third kappa shape index (κ3) is 5.39. The van der Waals surface area contributed by atoms with Crippen LogP contribution in [0.25, 0.3) is 11.3 Å². The predicted molar refractivity (Wildman–Crippen MR) is 138 cm³/mol. The number of anilines is 1. The zero-order valence-corrected chi connectivity index (χ0v) is 21.3. The van der Waals surface area contributed by atoms with E-state index in [0.717, 1.165) is 12.0 Å². The normalized spacial score (nSPS) is 16.4. The van der Waals surface area contributed by atoms with Gasteiger partial charge in [0.15, 0.2) is 11.5 Å². The zero-order valence-electron chi connectivity index (χ0n) is 21.3. The fourth-order valence-corrected chi connectivity index (χ4v) is 4.71. The van der Waals surface area contributed by atoms with Crippen molar-refractivity contribution in [1.29, 1.82) is 0 Å². The van der Waals surface area contributed by atoms with E-state index >= 15 is 0 Å². The monoisotopic (exact) mass is 520 g/mol. The Morgan fingerprint density at radius 1 is 1.03 bits per heavy atom. The number of ether oxygens (including phenoxy) is 3. The number of nitrogens with zero attached hydrogens (tertiary/aromatic N) is 3. The van der Waals surface area contributed by atoms with Crippen LogP contribution in [0.2, 0.25) is 0 Å². The van der Waals surface area contributed by atoms with Crippen molar-refractivity contribution in [3.63, 3.8) is 0 Å². The number of aromatic nitrogens is 2. The number of aryl methyl sites for hydroxylation is 1. The van der Waals surface area contributed by atoms with Gasteiger partial charge in [0.05, 0.1) is 37.3 Å². The van der Waals surface area contributed by atoms with Gasteiger partial charge in [-0.05, 0) is 62.9 Å². The van der Waals surface area contributed by atoms with Crippen LogP contribution in [0.5, 0.6) is 17.4 Å². The van der Waals surface area contributed by atoms with E-state index in [4.69, 9.17) is 14.2 Å². The van der Waals surface area contributed by atoms with Gasteiger partial charge in [0.1, 0.15) is 17.7 Å². The Labute approximate surface area is 219 Å². The Balaban J connectivity index is 1.16. The van der Waals surface area contributed by atoms with E-state index in [2.05, 4.69) is 15.3 Å². The van der Waals surface area contributed by atoms with Crippen molar-refractivity contribution < 1.29 is 28.2 Å². The predicted octanol–water partition coefficient (Wildman–Crippen LogP) is 4.39. The number of benzene rings is 2. The number of fused-ring (bicyclic) bond motifs is 2. The molecule has 0 saturated carbocycles. The molecule has 9 nitrogen and oxygen atoms in total. The lowest BCUT2D eigenvalue weighted by molar-refractivity contribution is -0.119. The van der Waals surface area contributed by atoms with Gasteiger partial charge in [-0.1, -0.05) is 0 Å². The highest BCUT2D eigenvalue weighted by Gasteiger charge is 2.39. The smallest absolute Gasteiger partial charge is 0.256 e. The van der Waals surface area contributed by atoms with Crippen LogP contribution in [0.3, 0.4) is 0 Å². The molecule has 1 saturated heterocycles. The van der Waals surface area contributed by atoms with Crippen LogP contribution in [0.4, 0.5) is 10.1 Å². The van der Waals surface area contributed by atoms with Gasteiger partial charge in [0.25, 0.3) is 5.91 Å². The van der Waals surface area contributed by atoms with E-state index in [-0.39, 0.29) is 17.6 Å². The van der Waals surface area contributed by atoms with Crippen molar-refractivity contribution in [3.8, 4) is 28.6 Å². The lowest BCUT2D eigenvalue weighted by atomic mass is 10.1. The Hall–Kier alpha value is -4.21. The van der Waals surface area contributed by atoms with Gasteiger partial charge < -0.3 is 24.4 Å². The molecule has 1 aromatic heterocycles. The number of halogens is 1. The molecule has 3 heterocycles. The number of carbonyl (C=O) groups excluding carboxylic acids is 2. The minimum Gasteiger partial charge on any atom is -0.493 e. The molecule has 2 amide bonds. The molecule has 2 aliphatic heterocycles. The van der Waals surface area contributed by atoms with Crippen molar-refractivity contribution in [1.82, 2.24) is 14.9 Å². The Bertz CT molecular complexity index is 1350. The Morgan fingerprint density at radius 2 is 1.79 bits per heavy atom. The summed E-state index contributed by atoms with van der Waals surface area (Å²) in [6.45, 7) is 3.16. The van der Waals surface area contributed by atoms with Crippen LogP contribution in [0.15, 0.2) is 42.5 Å². The first kappa shape index (κ1) is 25.4. The van der Waals surface area contributed by atoms with Crippen LogP contribution in [-0.4, -0.2) is 59.6 Å². The summed E-state index contributed by atoms with van der Waals surface area (Å²) in [4.78, 5) is 36.0. The molecule has 1 unspecified atom stereocenters. The molecule has 0 aliphatic carbocycles. The highest BCUT2D eigenvalue weighted by Crippen LogP contribution is 2.37. The van der Waals surface area contributed by atoms with Crippen molar-refractivity contribution in [3.05, 3.63) is 59.7 Å². The van der Waals surface area contributed by atoms with Gasteiger partial charge >= 0.3 is 0 Å². The maximum atomic E-state index is 13.2. The topological polar surface area (TPSA) is 103 Å². The number of carbonyl (C=O) groups is 2. The molecule has 0 bridgehead atoms. The molecule has 3 aromatic rings. The molecule has 2 aliphatic rings. The average molecular weight is 521 g/mol. The summed E-state index contributed by atoms with van der Waals surface area (Å²) in [5.41, 5.74) is 2.28. The van der Waals surface area contributed by atoms with Crippen LogP contribution in [0.1, 0.15) is 41.9 Å². The minimum absolute atomic E-state index is 0.176. The largest absolute Gasteiger partial charge is 0.493 e. The van der Waals surface area contributed by atoms with E-state index in [1.54, 1.807) is 42.2 Å². The SMILES string of the molecule is COc1cc2c(cc1OCCCCOc1cc(-c3ccc(F)cc3)nc(C)n1)NC(=O)C1CCCN1C2=O. The summed E-state index contributed by atoms with van der Waals surface area (Å²) in [6.07, 6.45) is 2.87. The van der Waals surface area contributed by atoms with Crippen LogP contribution in [0, 0.1) is 12.7 Å². The molecule has 1 N–H and O–H groups in total. The Kier molecular flexibility index (Phi) is 7.39. The molecule has 0 radical (unpaired) electrons. The van der Waals surface area contributed by atoms with Crippen molar-refractivity contribution in [2.24, 2.45) is 0 Å². The second-order valence-corrected chi connectivity index (χ2v) is 9.24. The fraction of sp³-hybridized carbons (Fsp3) is 0.357. The summed E-state index contributed by atoms with van der Waals surface area (Å²) < 4.78 is 30.5. The molecule has 0 spiro atoms. The van der Waals surface area contributed by atoms with E-state index in [9.17, 15) is 14.0 Å². The number of unbranched alkanes of at least 4 members (excludes halogenated alkanes) is 1. The van der Waals surface area contributed by atoms with Gasteiger partial charge in [-0.15, -0.1) is 0 Å². The summed E-state index contributed by atoms with van der Waals surface area (Å²) >= 11 is 0. The number of hydrogen-bond donors (Lipinski definition) is 1. The number of nitrogens with one attached hydrogen (secondary N) is 1. The van der Waals surface area contributed by atoms with Gasteiger partial charge in [-0.3, -0.25) is 9.59 Å². The first-order valence-electron chi connectivity index (χ1n) is 12.6. The van der Waals surface area contributed by atoms with Crippen LogP contribution >= 0.6 is 0 Å². The lowest BCUT2D eigenvalue weighted by Gasteiger charge is -2.20. The van der Waals surface area contributed by atoms with Crippen molar-refractivity contribution in [2.75, 3.05) is 32.2 Å². The number of rotatable bonds is 9. The standard InChI is InChI=1S/C28H29FN4O5/c1-17-30-21(18-7-9-19(29)10-8-18)16-26(31-17)38-13-4-3-12-37-25-15-22-20(14-24(25)36-2)28(35)33-11-5-6-23(33)27(34)32-22/h7-10,14-16,23H,3-6,11-13H2,1-2H3,(H,32,34). The number of methoxy groups -OCH3 is 1. The molecule has 1 fully saturated rings. The molecule has 198 valence electrons. The quantitative estimate of drug-likeness (QED) is 0.417. The maximum Gasteiger partial charge on any atom is 0.256 e. The summed E-state index contributed by atoms with van der Waals surface area (Å²) in [6, 6.07) is 10.7. The van der Waals surface area contributed by atoms with Crippen LogP contribution in [-0.2, 0) is 4.79 Å². The van der Waals surface area contributed by atoms with Crippen molar-refractivity contribution in [2.45, 2.75) is 38.6 Å². The second kappa shape index (κ2) is 11.0. The van der Waals surface area contributed by atoms with E-state index < -0.39 is 6.04 Å².